The van der Waals surface area contributed by atoms with Gasteiger partial charge in [-0.05, 0) is 48.0 Å². The third-order valence-corrected chi connectivity index (χ3v) is 6.94. The molecule has 0 radical (unpaired) electrons. The van der Waals surface area contributed by atoms with E-state index in [-0.39, 0.29) is 33.0 Å². The highest BCUT2D eigenvalue weighted by Gasteiger charge is 2.23. The van der Waals surface area contributed by atoms with Gasteiger partial charge in [0, 0.05) is 34.9 Å². The second-order valence-electron chi connectivity index (χ2n) is 7.27. The van der Waals surface area contributed by atoms with Crippen LogP contribution >= 0.6 is 11.6 Å². The Labute approximate surface area is 198 Å². The van der Waals surface area contributed by atoms with Gasteiger partial charge in [-0.15, -0.1) is 0 Å². The Balaban J connectivity index is 1.48. The minimum atomic E-state index is -4.10. The molecule has 4 aromatic rings. The van der Waals surface area contributed by atoms with Crippen LogP contribution in [0.25, 0.3) is 10.9 Å². The molecule has 0 spiro atoms. The molecular formula is C23H18ClF2N3O4S. The maximum atomic E-state index is 13.1. The zero-order valence-corrected chi connectivity index (χ0v) is 19.0. The molecule has 0 aliphatic heterocycles. The molecule has 0 bridgehead atoms. The van der Waals surface area contributed by atoms with Gasteiger partial charge in [-0.3, -0.25) is 9.78 Å². The maximum absolute atomic E-state index is 13.1. The first kappa shape index (κ1) is 23.7. The van der Waals surface area contributed by atoms with Crippen LogP contribution in [0.1, 0.15) is 16.1 Å². The summed E-state index contributed by atoms with van der Waals surface area (Å²) in [5, 5.41) is 3.69. The minimum Gasteiger partial charge on any atom is -0.486 e. The Morgan fingerprint density at radius 1 is 1.12 bits per heavy atom. The second kappa shape index (κ2) is 9.78. The van der Waals surface area contributed by atoms with Crippen molar-refractivity contribution in [1.82, 2.24) is 15.3 Å². The summed E-state index contributed by atoms with van der Waals surface area (Å²) < 4.78 is 56.3. The van der Waals surface area contributed by atoms with Crippen LogP contribution < -0.4 is 10.1 Å². The van der Waals surface area contributed by atoms with Crippen LogP contribution in [0.5, 0.6) is 5.75 Å². The number of aromatic nitrogens is 2. The molecule has 0 fully saturated rings. The first-order valence-electron chi connectivity index (χ1n) is 9.99. The van der Waals surface area contributed by atoms with Gasteiger partial charge in [0.15, 0.2) is 0 Å². The van der Waals surface area contributed by atoms with Gasteiger partial charge in [-0.1, -0.05) is 23.7 Å². The number of carbonyl (C=O) groups excluding carboxylic acids is 1. The number of amides is 1. The van der Waals surface area contributed by atoms with Crippen LogP contribution in [-0.4, -0.2) is 37.3 Å². The highest BCUT2D eigenvalue weighted by atomic mass is 35.5. The molecule has 0 aliphatic carbocycles. The van der Waals surface area contributed by atoms with Gasteiger partial charge in [-0.25, -0.2) is 17.2 Å². The van der Waals surface area contributed by atoms with Crippen molar-refractivity contribution in [3.63, 3.8) is 0 Å². The predicted molar refractivity (Wildman–Crippen MR) is 122 cm³/mol. The summed E-state index contributed by atoms with van der Waals surface area (Å²) in [6.07, 6.45) is 0.501. The number of fused-ring (bicyclic) bond motifs is 1. The van der Waals surface area contributed by atoms with E-state index < -0.39 is 22.9 Å². The number of sulfone groups is 1. The summed E-state index contributed by atoms with van der Waals surface area (Å²) in [6, 6.07) is 13.0. The van der Waals surface area contributed by atoms with E-state index in [0.717, 1.165) is 17.0 Å². The quantitative estimate of drug-likeness (QED) is 0.364. The molecule has 7 nitrogen and oxygen atoms in total. The van der Waals surface area contributed by atoms with Gasteiger partial charge < -0.3 is 15.0 Å². The summed E-state index contributed by atoms with van der Waals surface area (Å²) >= 11 is 5.93. The van der Waals surface area contributed by atoms with E-state index in [4.69, 9.17) is 16.3 Å². The number of hydrogen-bond donors (Lipinski definition) is 2. The molecule has 0 aliphatic rings. The molecule has 2 aromatic heterocycles. The number of nitrogens with one attached hydrogen (secondary N) is 2. The summed E-state index contributed by atoms with van der Waals surface area (Å²) in [5.74, 6) is -0.540. The lowest BCUT2D eigenvalue weighted by molar-refractivity contribution is 0.0804. The smallest absolute Gasteiger partial charge is 0.272 e. The minimum absolute atomic E-state index is 0.0742. The molecule has 1 amide bonds. The molecule has 176 valence electrons. The lowest BCUT2D eigenvalue weighted by Crippen LogP contribution is -2.23. The standard InChI is InChI=1S/C23H18ClF2N3O4S/c24-16-3-6-20(33-13-22(25)26)21(10-16)34(31,32)17-4-1-14(2-5-17)11-28-23(30)19-9-15-12-27-8-7-18(15)29-19/h1-10,12,22,29H,11,13H2,(H,28,30). The maximum Gasteiger partial charge on any atom is 0.272 e. The molecular weight excluding hydrogens is 488 g/mol. The Morgan fingerprint density at radius 3 is 2.59 bits per heavy atom. The number of halogens is 3. The van der Waals surface area contributed by atoms with Gasteiger partial charge in [0.05, 0.1) is 4.90 Å². The predicted octanol–water partition coefficient (Wildman–Crippen LogP) is 4.62. The number of hydrogen-bond acceptors (Lipinski definition) is 5. The number of carbonyl (C=O) groups is 1. The highest BCUT2D eigenvalue weighted by Crippen LogP contribution is 2.32. The molecule has 0 saturated carbocycles. The van der Waals surface area contributed by atoms with E-state index in [1.165, 1.54) is 24.3 Å². The second-order valence-corrected chi connectivity index (χ2v) is 9.62. The number of pyridine rings is 1. The Morgan fingerprint density at radius 2 is 1.88 bits per heavy atom. The van der Waals surface area contributed by atoms with Gasteiger partial charge in [0.2, 0.25) is 9.84 Å². The van der Waals surface area contributed by atoms with Crippen molar-refractivity contribution in [3.05, 3.63) is 83.3 Å². The van der Waals surface area contributed by atoms with E-state index >= 15 is 0 Å². The monoisotopic (exact) mass is 505 g/mol. The first-order chi connectivity index (χ1) is 16.2. The van der Waals surface area contributed by atoms with Crippen molar-refractivity contribution >= 4 is 38.2 Å². The van der Waals surface area contributed by atoms with Crippen LogP contribution in [0.4, 0.5) is 8.78 Å². The van der Waals surface area contributed by atoms with E-state index in [9.17, 15) is 22.0 Å². The zero-order valence-electron chi connectivity index (χ0n) is 17.5. The lowest BCUT2D eigenvalue weighted by atomic mass is 10.2. The highest BCUT2D eigenvalue weighted by molar-refractivity contribution is 7.91. The van der Waals surface area contributed by atoms with Crippen molar-refractivity contribution in [1.29, 1.82) is 0 Å². The largest absolute Gasteiger partial charge is 0.486 e. The fraction of sp³-hybridized carbons (Fsp3) is 0.130. The van der Waals surface area contributed by atoms with Gasteiger partial charge in [0.25, 0.3) is 12.3 Å². The van der Waals surface area contributed by atoms with Crippen LogP contribution in [-0.2, 0) is 16.4 Å². The molecule has 34 heavy (non-hydrogen) atoms. The SMILES string of the molecule is O=C(NCc1ccc(S(=O)(=O)c2cc(Cl)ccc2OCC(F)F)cc1)c1cc2cnccc2[nH]1. The van der Waals surface area contributed by atoms with Crippen LogP contribution in [0.2, 0.25) is 5.02 Å². The van der Waals surface area contributed by atoms with Crippen molar-refractivity contribution in [2.45, 2.75) is 22.8 Å². The fourth-order valence-corrected chi connectivity index (χ4v) is 4.91. The van der Waals surface area contributed by atoms with Gasteiger partial charge in [-0.2, -0.15) is 0 Å². The van der Waals surface area contributed by atoms with E-state index in [2.05, 4.69) is 15.3 Å². The molecule has 0 atom stereocenters. The summed E-state index contributed by atoms with van der Waals surface area (Å²) in [4.78, 5) is 19.1. The van der Waals surface area contributed by atoms with E-state index in [1.807, 2.05) is 0 Å². The number of ether oxygens (including phenoxy) is 1. The number of alkyl halides is 2. The summed E-state index contributed by atoms with van der Waals surface area (Å²) in [6.45, 7) is -0.789. The molecule has 11 heteroatoms. The normalized spacial score (nSPS) is 11.6. The third kappa shape index (κ3) is 5.18. The molecule has 0 unspecified atom stereocenters. The molecule has 4 rings (SSSR count). The number of rotatable bonds is 8. The molecule has 2 heterocycles. The molecule has 2 aromatic carbocycles. The topological polar surface area (TPSA) is 101 Å². The summed E-state index contributed by atoms with van der Waals surface area (Å²) in [5.41, 5.74) is 1.82. The van der Waals surface area contributed by atoms with E-state index in [0.29, 0.717) is 11.3 Å². The Bertz CT molecular complexity index is 1410. The number of aromatic amines is 1. The molecule has 2 N–H and O–H groups in total. The third-order valence-electron chi connectivity index (χ3n) is 4.91. The summed E-state index contributed by atoms with van der Waals surface area (Å²) in [7, 11) is -4.10. The molecule has 0 saturated heterocycles. The van der Waals surface area contributed by atoms with Crippen LogP contribution in [0, 0.1) is 0 Å². The lowest BCUT2D eigenvalue weighted by Gasteiger charge is -2.13. The van der Waals surface area contributed by atoms with Crippen molar-refractivity contribution < 1.29 is 26.7 Å². The number of nitrogens with zero attached hydrogens (tertiary/aromatic N) is 1. The average molecular weight is 506 g/mol. The Hall–Kier alpha value is -3.50. The number of benzene rings is 2. The van der Waals surface area contributed by atoms with Gasteiger partial charge >= 0.3 is 0 Å². The Kier molecular flexibility index (Phi) is 6.80. The van der Waals surface area contributed by atoms with Crippen molar-refractivity contribution in [3.8, 4) is 5.75 Å². The fourth-order valence-electron chi connectivity index (χ4n) is 3.25. The van der Waals surface area contributed by atoms with E-state index in [1.54, 1.807) is 36.7 Å². The first-order valence-corrected chi connectivity index (χ1v) is 11.9. The van der Waals surface area contributed by atoms with Crippen LogP contribution in [0.3, 0.4) is 0 Å². The van der Waals surface area contributed by atoms with Crippen LogP contribution in [0.15, 0.2) is 76.8 Å². The average Bonchev–Trinajstić information content (AvgIpc) is 3.26. The number of H-pyrrole nitrogens is 1. The van der Waals surface area contributed by atoms with Gasteiger partial charge in [0.1, 0.15) is 22.9 Å². The van der Waals surface area contributed by atoms with Crippen molar-refractivity contribution in [2.75, 3.05) is 6.61 Å². The zero-order chi connectivity index (χ0) is 24.3. The van der Waals surface area contributed by atoms with Crippen molar-refractivity contribution in [2.24, 2.45) is 0 Å².